The van der Waals surface area contributed by atoms with Crippen LogP contribution in [0, 0.1) is 0 Å². The van der Waals surface area contributed by atoms with Crippen LogP contribution in [-0.2, 0) is 26.0 Å². The number of nitrogens with zero attached hydrogens (tertiary/aromatic N) is 2. The first-order valence-electron chi connectivity index (χ1n) is 14.5. The average Bonchev–Trinajstić information content (AvgIpc) is 3.05. The zero-order valence-electron chi connectivity index (χ0n) is 28.0. The number of nitrogens with one attached hydrogen (secondary N) is 2. The summed E-state index contributed by atoms with van der Waals surface area (Å²) in [6.45, 7) is 2.80. The monoisotopic (exact) mass is 725 g/mol. The molecule has 0 heterocycles. The molecule has 0 saturated heterocycles. The third kappa shape index (κ3) is 11.0. The van der Waals surface area contributed by atoms with Crippen molar-refractivity contribution in [3.63, 3.8) is 0 Å². The summed E-state index contributed by atoms with van der Waals surface area (Å²) < 4.78 is 68.7. The number of carbonyl (C=O) groups excluding carboxylic acids is 3. The first-order valence-corrected chi connectivity index (χ1v) is 16.1. The fourth-order valence-electron chi connectivity index (χ4n) is 4.11. The molecule has 3 rings (SSSR count). The van der Waals surface area contributed by atoms with Gasteiger partial charge in [-0.15, -0.1) is 0 Å². The summed E-state index contributed by atoms with van der Waals surface area (Å²) in [5.41, 5.74) is 7.51. The maximum Gasteiger partial charge on any atom is 0.490 e. The molecule has 3 aromatic carbocycles. The highest BCUT2D eigenvalue weighted by Gasteiger charge is 2.38. The number of urea groups is 1. The van der Waals surface area contributed by atoms with Gasteiger partial charge in [0.15, 0.2) is 21.3 Å². The number of sulfone groups is 1. The number of primary amides is 1. The van der Waals surface area contributed by atoms with Crippen LogP contribution < -0.4 is 30.7 Å². The Labute approximate surface area is 286 Å². The third-order valence-electron chi connectivity index (χ3n) is 6.79. The van der Waals surface area contributed by atoms with E-state index >= 15 is 0 Å². The molecule has 272 valence electrons. The molecular weight excluding hydrogens is 687 g/mol. The highest BCUT2D eigenvalue weighted by molar-refractivity contribution is 7.92. The van der Waals surface area contributed by atoms with Crippen LogP contribution in [0.4, 0.5) is 35.0 Å². The van der Waals surface area contributed by atoms with Crippen LogP contribution in [0.25, 0.3) is 0 Å². The Kier molecular flexibility index (Phi) is 14.0. The van der Waals surface area contributed by atoms with Crippen molar-refractivity contribution in [2.24, 2.45) is 5.73 Å². The molecule has 0 saturated carbocycles. The molecule has 18 heteroatoms. The number of amides is 4. The molecule has 0 aliphatic heterocycles. The number of ether oxygens (including phenoxy) is 2. The summed E-state index contributed by atoms with van der Waals surface area (Å²) in [6.07, 6.45) is -5.08. The van der Waals surface area contributed by atoms with E-state index in [2.05, 4.69) is 10.6 Å². The summed E-state index contributed by atoms with van der Waals surface area (Å²) in [7, 11) is 2.45. The van der Waals surface area contributed by atoms with Crippen molar-refractivity contribution in [3.8, 4) is 11.5 Å². The molecule has 3 aromatic rings. The summed E-state index contributed by atoms with van der Waals surface area (Å²) in [5.74, 6) is -2.92. The largest absolute Gasteiger partial charge is 0.493 e. The van der Waals surface area contributed by atoms with Crippen LogP contribution in [-0.4, -0.2) is 88.5 Å². The van der Waals surface area contributed by atoms with E-state index in [-0.39, 0.29) is 23.5 Å². The summed E-state index contributed by atoms with van der Waals surface area (Å²) in [5, 5.41) is 11.9. The second-order valence-electron chi connectivity index (χ2n) is 10.9. The number of hydrogen-bond acceptors (Lipinski definition) is 9. The third-order valence-corrected chi connectivity index (χ3v) is 9.04. The van der Waals surface area contributed by atoms with E-state index in [1.165, 1.54) is 37.3 Å². The van der Waals surface area contributed by atoms with Crippen LogP contribution >= 0.6 is 0 Å². The minimum Gasteiger partial charge on any atom is -0.493 e. The number of methoxy groups -OCH3 is 2. The molecule has 0 spiro atoms. The lowest BCUT2D eigenvalue weighted by molar-refractivity contribution is -0.192. The van der Waals surface area contributed by atoms with Gasteiger partial charge in [-0.3, -0.25) is 9.59 Å². The van der Waals surface area contributed by atoms with Gasteiger partial charge in [-0.2, -0.15) is 13.2 Å². The predicted molar refractivity (Wildman–Crippen MR) is 179 cm³/mol. The number of carbonyl (C=O) groups is 4. The van der Waals surface area contributed by atoms with Gasteiger partial charge in [0.1, 0.15) is 6.54 Å². The number of aliphatic carboxylic acids is 1. The van der Waals surface area contributed by atoms with Gasteiger partial charge in [0.05, 0.1) is 24.4 Å². The van der Waals surface area contributed by atoms with Gasteiger partial charge in [-0.05, 0) is 67.9 Å². The molecule has 0 atom stereocenters. The maximum absolute atomic E-state index is 13.4. The van der Waals surface area contributed by atoms with E-state index < -0.39 is 45.1 Å². The fraction of sp³-hybridized carbons (Fsp3) is 0.312. The summed E-state index contributed by atoms with van der Waals surface area (Å²) in [6, 6.07) is 15.7. The number of rotatable bonds is 12. The zero-order chi connectivity index (χ0) is 38.0. The number of halogens is 3. The Balaban J connectivity index is 0.00000112. The van der Waals surface area contributed by atoms with Gasteiger partial charge < -0.3 is 40.7 Å². The number of anilines is 3. The van der Waals surface area contributed by atoms with Crippen LogP contribution in [0.3, 0.4) is 0 Å². The molecule has 14 nitrogen and oxygen atoms in total. The van der Waals surface area contributed by atoms with Crippen LogP contribution in [0.15, 0.2) is 65.6 Å². The van der Waals surface area contributed by atoms with Gasteiger partial charge in [0, 0.05) is 49.3 Å². The minimum atomic E-state index is -5.08. The Morgan fingerprint density at radius 2 is 1.52 bits per heavy atom. The van der Waals surface area contributed by atoms with Crippen molar-refractivity contribution in [1.82, 2.24) is 10.2 Å². The number of hydrogen-bond donors (Lipinski definition) is 4. The lowest BCUT2D eigenvalue weighted by Gasteiger charge is -2.26. The lowest BCUT2D eigenvalue weighted by atomic mass is 10.1. The molecule has 0 bridgehead atoms. The Morgan fingerprint density at radius 3 is 2.04 bits per heavy atom. The van der Waals surface area contributed by atoms with E-state index in [1.54, 1.807) is 75.3 Å². The molecule has 0 aliphatic carbocycles. The summed E-state index contributed by atoms with van der Waals surface area (Å²) in [4.78, 5) is 49.4. The number of nitrogens with two attached hydrogens (primary N) is 1. The van der Waals surface area contributed by atoms with Crippen LogP contribution in [0.1, 0.15) is 29.8 Å². The van der Waals surface area contributed by atoms with Gasteiger partial charge in [0.25, 0.3) is 0 Å². The molecule has 5 N–H and O–H groups in total. The van der Waals surface area contributed by atoms with Crippen molar-refractivity contribution in [3.05, 3.63) is 71.8 Å². The normalized spacial score (nSPS) is 11.1. The van der Waals surface area contributed by atoms with Gasteiger partial charge >= 0.3 is 18.2 Å². The molecule has 0 unspecified atom stereocenters. The van der Waals surface area contributed by atoms with E-state index in [1.807, 2.05) is 0 Å². The summed E-state index contributed by atoms with van der Waals surface area (Å²) >= 11 is 0. The average molecular weight is 726 g/mol. The van der Waals surface area contributed by atoms with E-state index in [0.29, 0.717) is 34.1 Å². The molecular formula is C32H38F3N5O9S. The second kappa shape index (κ2) is 17.2. The first-order chi connectivity index (χ1) is 23.2. The number of alkyl halides is 3. The maximum atomic E-state index is 13.4. The molecule has 0 radical (unpaired) electrons. The SMILES string of the molecule is COc1ccc(N(CC(=O)NCc2cc(NC(=O)N(C)C)ccc2S(=O)(=O)C(C)C)c2cccc(C(N)=O)c2)cc1OC.O=C(O)C(F)(F)F. The topological polar surface area (TPSA) is 198 Å². The van der Waals surface area contributed by atoms with Crippen molar-refractivity contribution < 1.29 is 55.3 Å². The van der Waals surface area contributed by atoms with Crippen LogP contribution in [0.5, 0.6) is 11.5 Å². The molecule has 0 aliphatic rings. The quantitative estimate of drug-likeness (QED) is 0.210. The van der Waals surface area contributed by atoms with Gasteiger partial charge in [0.2, 0.25) is 11.8 Å². The highest BCUT2D eigenvalue weighted by atomic mass is 32.2. The van der Waals surface area contributed by atoms with E-state index in [4.69, 9.17) is 25.1 Å². The second-order valence-corrected chi connectivity index (χ2v) is 13.3. The van der Waals surface area contributed by atoms with Crippen molar-refractivity contribution in [2.45, 2.75) is 36.7 Å². The minimum absolute atomic E-state index is 0.0524. The standard InChI is InChI=1S/C30H37N5O7S.C2HF3O2/c1-19(2)43(39,40)27-13-10-22(33-30(38)34(3)4)14-21(27)17-32-28(36)18-35(23-9-7-8-20(15-23)29(31)37)24-11-12-25(41-5)26(16-24)42-6;3-2(4,5)1(6)7/h7-16,19H,17-18H2,1-6H3,(H2,31,37)(H,32,36)(H,33,38);(H,6,7). The van der Waals surface area contributed by atoms with E-state index in [0.717, 1.165) is 0 Å². The smallest absolute Gasteiger partial charge is 0.490 e. The zero-order valence-corrected chi connectivity index (χ0v) is 28.8. The van der Waals surface area contributed by atoms with Crippen LogP contribution in [0.2, 0.25) is 0 Å². The van der Waals surface area contributed by atoms with Crippen molar-refractivity contribution in [2.75, 3.05) is 45.1 Å². The molecule has 4 amide bonds. The first kappa shape index (κ1) is 40.7. The molecule has 0 aromatic heterocycles. The Bertz CT molecular complexity index is 1820. The van der Waals surface area contributed by atoms with E-state index in [9.17, 15) is 36.0 Å². The molecule has 0 fully saturated rings. The van der Waals surface area contributed by atoms with Gasteiger partial charge in [-0.1, -0.05) is 6.07 Å². The Morgan fingerprint density at radius 1 is 0.920 bits per heavy atom. The predicted octanol–water partition coefficient (Wildman–Crippen LogP) is 4.17. The van der Waals surface area contributed by atoms with Gasteiger partial charge in [-0.25, -0.2) is 18.0 Å². The fourth-order valence-corrected chi connectivity index (χ4v) is 5.37. The number of benzene rings is 3. The van der Waals surface area contributed by atoms with Crippen molar-refractivity contribution >= 4 is 50.7 Å². The number of carboxylic acid groups (broad SMARTS) is 1. The Hall–Kier alpha value is -5.52. The molecule has 50 heavy (non-hydrogen) atoms. The lowest BCUT2D eigenvalue weighted by Crippen LogP contribution is -2.35. The number of carboxylic acids is 1. The highest BCUT2D eigenvalue weighted by Crippen LogP contribution is 2.35. The van der Waals surface area contributed by atoms with Crippen molar-refractivity contribution in [1.29, 1.82) is 0 Å².